The lowest BCUT2D eigenvalue weighted by atomic mass is 9.97. The minimum Gasteiger partial charge on any atom is -0.481 e. The lowest BCUT2D eigenvalue weighted by Crippen LogP contribution is -2.46. The van der Waals surface area contributed by atoms with Gasteiger partial charge in [-0.2, -0.15) is 0 Å². The highest BCUT2D eigenvalue weighted by Crippen LogP contribution is 2.11. The highest BCUT2D eigenvalue weighted by molar-refractivity contribution is 5.98. The van der Waals surface area contributed by atoms with Gasteiger partial charge in [-0.3, -0.25) is 9.59 Å². The summed E-state index contributed by atoms with van der Waals surface area (Å²) in [7, 11) is 0. The van der Waals surface area contributed by atoms with E-state index in [-0.39, 0.29) is 18.8 Å². The van der Waals surface area contributed by atoms with Crippen LogP contribution in [0, 0.1) is 11.8 Å². The molecule has 0 bridgehead atoms. The van der Waals surface area contributed by atoms with E-state index >= 15 is 0 Å². The van der Waals surface area contributed by atoms with Gasteiger partial charge < -0.3 is 15.5 Å². The standard InChI is InChI=1S/C16H21NO5/c1-10(2)8-13(16(21)22)17-14(18)12(15(19)20)9-11-6-4-3-5-7-11/h3-7,10,12-13H,8-9H2,1-2H3,(H,17,18)(H,19,20)(H,21,22)/t12-,13+/m0/s1. The zero-order valence-electron chi connectivity index (χ0n) is 12.7. The van der Waals surface area contributed by atoms with Crippen molar-refractivity contribution in [2.75, 3.05) is 0 Å². The molecule has 0 aliphatic carbocycles. The summed E-state index contributed by atoms with van der Waals surface area (Å²) in [4.78, 5) is 34.6. The van der Waals surface area contributed by atoms with Crippen molar-refractivity contribution in [2.24, 2.45) is 11.8 Å². The van der Waals surface area contributed by atoms with Gasteiger partial charge in [0.2, 0.25) is 5.91 Å². The van der Waals surface area contributed by atoms with Gasteiger partial charge >= 0.3 is 11.9 Å². The van der Waals surface area contributed by atoms with Crippen LogP contribution in [0.4, 0.5) is 0 Å². The minimum absolute atomic E-state index is 0.0238. The van der Waals surface area contributed by atoms with E-state index < -0.39 is 29.8 Å². The fourth-order valence-electron chi connectivity index (χ4n) is 2.11. The summed E-state index contributed by atoms with van der Waals surface area (Å²) in [5.74, 6) is -4.44. The number of amides is 1. The van der Waals surface area contributed by atoms with Crippen molar-refractivity contribution in [1.29, 1.82) is 0 Å². The van der Waals surface area contributed by atoms with Gasteiger partial charge in [-0.1, -0.05) is 44.2 Å². The van der Waals surface area contributed by atoms with Gasteiger partial charge in [-0.15, -0.1) is 0 Å². The van der Waals surface area contributed by atoms with Crippen molar-refractivity contribution >= 4 is 17.8 Å². The molecular formula is C16H21NO5. The first-order valence-electron chi connectivity index (χ1n) is 7.11. The van der Waals surface area contributed by atoms with Crippen molar-refractivity contribution in [2.45, 2.75) is 32.7 Å². The monoisotopic (exact) mass is 307 g/mol. The highest BCUT2D eigenvalue weighted by atomic mass is 16.4. The molecule has 6 nitrogen and oxygen atoms in total. The average Bonchev–Trinajstić information content (AvgIpc) is 2.44. The van der Waals surface area contributed by atoms with Crippen LogP contribution in [0.25, 0.3) is 0 Å². The number of hydrogen-bond donors (Lipinski definition) is 3. The van der Waals surface area contributed by atoms with Crippen molar-refractivity contribution in [3.8, 4) is 0 Å². The maximum absolute atomic E-state index is 12.1. The first kappa shape index (κ1) is 17.7. The maximum atomic E-state index is 12.1. The second-order valence-corrected chi connectivity index (χ2v) is 5.61. The molecule has 120 valence electrons. The second-order valence-electron chi connectivity index (χ2n) is 5.61. The predicted octanol–water partition coefficient (Wildman–Crippen LogP) is 1.55. The molecule has 0 fully saturated rings. The van der Waals surface area contributed by atoms with Crippen LogP contribution in [0.3, 0.4) is 0 Å². The zero-order chi connectivity index (χ0) is 16.7. The molecule has 2 atom stereocenters. The van der Waals surface area contributed by atoms with Crippen molar-refractivity contribution in [3.05, 3.63) is 35.9 Å². The van der Waals surface area contributed by atoms with Crippen molar-refractivity contribution in [1.82, 2.24) is 5.32 Å². The minimum atomic E-state index is -1.31. The summed E-state index contributed by atoms with van der Waals surface area (Å²) < 4.78 is 0. The normalized spacial score (nSPS) is 13.4. The van der Waals surface area contributed by atoms with Crippen LogP contribution < -0.4 is 5.32 Å². The lowest BCUT2D eigenvalue weighted by molar-refractivity contribution is -0.150. The number of carbonyl (C=O) groups excluding carboxylic acids is 1. The molecule has 0 saturated carbocycles. The Labute approximate surface area is 129 Å². The predicted molar refractivity (Wildman–Crippen MR) is 80.3 cm³/mol. The Balaban J connectivity index is 2.80. The number of aliphatic carboxylic acids is 2. The highest BCUT2D eigenvalue weighted by Gasteiger charge is 2.30. The average molecular weight is 307 g/mol. The van der Waals surface area contributed by atoms with Crippen LogP contribution in [0.15, 0.2) is 30.3 Å². The lowest BCUT2D eigenvalue weighted by Gasteiger charge is -2.19. The molecule has 0 spiro atoms. The third-order valence-electron chi connectivity index (χ3n) is 3.22. The van der Waals surface area contributed by atoms with Gasteiger partial charge in [0.25, 0.3) is 0 Å². The summed E-state index contributed by atoms with van der Waals surface area (Å²) >= 11 is 0. The Morgan fingerprint density at radius 1 is 1.05 bits per heavy atom. The fourth-order valence-corrected chi connectivity index (χ4v) is 2.11. The molecule has 0 saturated heterocycles. The van der Waals surface area contributed by atoms with E-state index in [1.165, 1.54) is 0 Å². The molecule has 0 aromatic heterocycles. The summed E-state index contributed by atoms with van der Waals surface area (Å²) in [6.45, 7) is 3.67. The van der Waals surface area contributed by atoms with Crippen molar-refractivity contribution < 1.29 is 24.6 Å². The van der Waals surface area contributed by atoms with E-state index in [9.17, 15) is 19.5 Å². The largest absolute Gasteiger partial charge is 0.481 e. The second kappa shape index (κ2) is 8.17. The Morgan fingerprint density at radius 3 is 2.09 bits per heavy atom. The molecular weight excluding hydrogens is 286 g/mol. The molecule has 6 heteroatoms. The van der Waals surface area contributed by atoms with Crippen molar-refractivity contribution in [3.63, 3.8) is 0 Å². The van der Waals surface area contributed by atoms with E-state index in [2.05, 4.69) is 5.32 Å². The van der Waals surface area contributed by atoms with E-state index in [1.807, 2.05) is 13.8 Å². The van der Waals surface area contributed by atoms with Crippen LogP contribution in [-0.2, 0) is 20.8 Å². The van der Waals surface area contributed by atoms with Gasteiger partial charge in [-0.05, 0) is 24.3 Å². The van der Waals surface area contributed by atoms with Gasteiger partial charge in [0, 0.05) is 0 Å². The number of hydrogen-bond acceptors (Lipinski definition) is 3. The Bertz CT molecular complexity index is 527. The van der Waals surface area contributed by atoms with Gasteiger partial charge in [-0.25, -0.2) is 4.79 Å². The summed E-state index contributed by atoms with van der Waals surface area (Å²) in [6.07, 6.45) is 0.273. The molecule has 1 amide bonds. The van der Waals surface area contributed by atoms with Crippen LogP contribution in [0.1, 0.15) is 25.8 Å². The molecule has 1 rings (SSSR count). The number of carbonyl (C=O) groups is 3. The zero-order valence-corrected chi connectivity index (χ0v) is 12.7. The molecule has 0 radical (unpaired) electrons. The molecule has 1 aromatic carbocycles. The van der Waals surface area contributed by atoms with Gasteiger partial charge in [0.1, 0.15) is 12.0 Å². The quantitative estimate of drug-likeness (QED) is 0.632. The smallest absolute Gasteiger partial charge is 0.326 e. The Kier molecular flexibility index (Phi) is 6.56. The number of nitrogens with one attached hydrogen (secondary N) is 1. The van der Waals surface area contributed by atoms with Gasteiger partial charge in [0.05, 0.1) is 0 Å². The number of carboxylic acid groups (broad SMARTS) is 2. The number of rotatable bonds is 8. The van der Waals surface area contributed by atoms with E-state index in [0.29, 0.717) is 5.56 Å². The number of benzene rings is 1. The molecule has 1 aromatic rings. The summed E-state index contributed by atoms with van der Waals surface area (Å²) in [5, 5.41) is 20.7. The molecule has 22 heavy (non-hydrogen) atoms. The van der Waals surface area contributed by atoms with Gasteiger partial charge in [0.15, 0.2) is 0 Å². The summed E-state index contributed by atoms with van der Waals surface area (Å²) in [5.41, 5.74) is 0.709. The molecule has 3 N–H and O–H groups in total. The number of carboxylic acids is 2. The van der Waals surface area contributed by atoms with Crippen LogP contribution in [-0.4, -0.2) is 34.1 Å². The Hall–Kier alpha value is -2.37. The molecule has 0 unspecified atom stereocenters. The fraction of sp³-hybridized carbons (Fsp3) is 0.438. The maximum Gasteiger partial charge on any atom is 0.326 e. The molecule has 0 aliphatic rings. The topological polar surface area (TPSA) is 104 Å². The third-order valence-corrected chi connectivity index (χ3v) is 3.22. The van der Waals surface area contributed by atoms with E-state index in [4.69, 9.17) is 5.11 Å². The Morgan fingerprint density at radius 2 is 1.64 bits per heavy atom. The SMILES string of the molecule is CC(C)C[C@@H](NC(=O)[C@H](Cc1ccccc1)C(=O)O)C(=O)O. The first-order valence-corrected chi connectivity index (χ1v) is 7.11. The summed E-state index contributed by atoms with van der Waals surface area (Å²) in [6, 6.07) is 7.68. The van der Waals surface area contributed by atoms with E-state index in [0.717, 1.165) is 0 Å². The van der Waals surface area contributed by atoms with Crippen LogP contribution >= 0.6 is 0 Å². The molecule has 0 heterocycles. The van der Waals surface area contributed by atoms with Crippen LogP contribution in [0.5, 0.6) is 0 Å². The molecule has 0 aliphatic heterocycles. The van der Waals surface area contributed by atoms with E-state index in [1.54, 1.807) is 30.3 Å². The third kappa shape index (κ3) is 5.55. The van der Waals surface area contributed by atoms with Crippen LogP contribution in [0.2, 0.25) is 0 Å². The first-order chi connectivity index (χ1) is 10.3.